The van der Waals surface area contributed by atoms with Gasteiger partial charge >= 0.3 is 0 Å². The molecule has 0 amide bonds. The quantitative estimate of drug-likeness (QED) is 0.707. The van der Waals surface area contributed by atoms with Crippen LogP contribution in [0.2, 0.25) is 0 Å². The molecule has 5 heteroatoms. The van der Waals surface area contributed by atoms with Crippen LogP contribution >= 0.6 is 0 Å². The van der Waals surface area contributed by atoms with Gasteiger partial charge in [-0.2, -0.15) is 4.98 Å². The van der Waals surface area contributed by atoms with Crippen molar-refractivity contribution in [2.75, 3.05) is 36.9 Å². The zero-order chi connectivity index (χ0) is 11.1. The van der Waals surface area contributed by atoms with Crippen molar-refractivity contribution in [2.24, 2.45) is 0 Å². The normalized spacial score (nSPS) is 10.3. The lowest BCUT2D eigenvalue weighted by Gasteiger charge is -2.21. The van der Waals surface area contributed by atoms with Gasteiger partial charge in [0.25, 0.3) is 0 Å². The molecule has 0 saturated carbocycles. The predicted octanol–water partition coefficient (Wildman–Crippen LogP) is 0.922. The molecule has 0 atom stereocenters. The van der Waals surface area contributed by atoms with Gasteiger partial charge in [0.05, 0.1) is 6.61 Å². The molecule has 0 spiro atoms. The minimum absolute atomic E-state index is 0.308. The number of rotatable bonds is 6. The number of nitrogens with two attached hydrogens (primary N) is 1. The van der Waals surface area contributed by atoms with E-state index in [1.807, 2.05) is 13.0 Å². The maximum absolute atomic E-state index is 5.53. The van der Waals surface area contributed by atoms with Crippen molar-refractivity contribution in [1.29, 1.82) is 0 Å². The number of nitrogens with zero attached hydrogens (tertiary/aromatic N) is 3. The maximum Gasteiger partial charge on any atom is 0.221 e. The summed E-state index contributed by atoms with van der Waals surface area (Å²) in [7, 11) is 0. The Morgan fingerprint density at radius 2 is 2.27 bits per heavy atom. The van der Waals surface area contributed by atoms with Crippen LogP contribution in [0.3, 0.4) is 0 Å². The van der Waals surface area contributed by atoms with E-state index in [1.165, 1.54) is 0 Å². The second-order valence-electron chi connectivity index (χ2n) is 3.05. The summed E-state index contributed by atoms with van der Waals surface area (Å²) in [6.07, 6.45) is 1.67. The van der Waals surface area contributed by atoms with Gasteiger partial charge in [-0.15, -0.1) is 0 Å². The first-order chi connectivity index (χ1) is 7.27. The third-order valence-corrected chi connectivity index (χ3v) is 2.07. The van der Waals surface area contributed by atoms with Crippen LogP contribution in [0.15, 0.2) is 12.3 Å². The van der Waals surface area contributed by atoms with Gasteiger partial charge in [-0.3, -0.25) is 0 Å². The standard InChI is InChI=1S/C10H18N4O/c1-3-14(7-8-15-4-2)9-5-6-12-10(11)13-9/h5-6H,3-4,7-8H2,1-2H3,(H2,11,12,13). The second kappa shape index (κ2) is 6.19. The van der Waals surface area contributed by atoms with E-state index in [-0.39, 0.29) is 0 Å². The molecule has 1 heterocycles. The molecular weight excluding hydrogens is 192 g/mol. The van der Waals surface area contributed by atoms with Crippen LogP contribution in [-0.4, -0.2) is 36.3 Å². The Balaban J connectivity index is 2.57. The lowest BCUT2D eigenvalue weighted by molar-refractivity contribution is 0.154. The maximum atomic E-state index is 5.53. The van der Waals surface area contributed by atoms with Crippen molar-refractivity contribution in [3.63, 3.8) is 0 Å². The van der Waals surface area contributed by atoms with Crippen LogP contribution in [-0.2, 0) is 4.74 Å². The van der Waals surface area contributed by atoms with Crippen LogP contribution in [0.5, 0.6) is 0 Å². The highest BCUT2D eigenvalue weighted by molar-refractivity contribution is 5.40. The Morgan fingerprint density at radius 3 is 2.87 bits per heavy atom. The molecule has 0 radical (unpaired) electrons. The zero-order valence-electron chi connectivity index (χ0n) is 9.31. The number of anilines is 2. The van der Waals surface area contributed by atoms with E-state index in [9.17, 15) is 0 Å². The Morgan fingerprint density at radius 1 is 1.47 bits per heavy atom. The van der Waals surface area contributed by atoms with E-state index in [0.717, 1.165) is 25.5 Å². The van der Waals surface area contributed by atoms with E-state index < -0.39 is 0 Å². The minimum atomic E-state index is 0.308. The summed E-state index contributed by atoms with van der Waals surface area (Å²) in [5, 5.41) is 0. The fraction of sp³-hybridized carbons (Fsp3) is 0.600. The summed E-state index contributed by atoms with van der Waals surface area (Å²) in [6, 6.07) is 1.85. The van der Waals surface area contributed by atoms with Crippen molar-refractivity contribution in [3.8, 4) is 0 Å². The van der Waals surface area contributed by atoms with Crippen LogP contribution in [0.1, 0.15) is 13.8 Å². The topological polar surface area (TPSA) is 64.3 Å². The zero-order valence-corrected chi connectivity index (χ0v) is 9.31. The van der Waals surface area contributed by atoms with Crippen molar-refractivity contribution >= 4 is 11.8 Å². The Bertz CT molecular complexity index is 293. The highest BCUT2D eigenvalue weighted by Gasteiger charge is 2.05. The van der Waals surface area contributed by atoms with Gasteiger partial charge in [-0.05, 0) is 19.9 Å². The van der Waals surface area contributed by atoms with E-state index >= 15 is 0 Å². The lowest BCUT2D eigenvalue weighted by Crippen LogP contribution is -2.28. The Kier molecular flexibility index (Phi) is 4.83. The van der Waals surface area contributed by atoms with Gasteiger partial charge in [0.15, 0.2) is 0 Å². The highest BCUT2D eigenvalue weighted by Crippen LogP contribution is 2.09. The first-order valence-electron chi connectivity index (χ1n) is 5.19. The van der Waals surface area contributed by atoms with Gasteiger partial charge in [-0.1, -0.05) is 0 Å². The molecule has 1 rings (SSSR count). The molecule has 5 nitrogen and oxygen atoms in total. The van der Waals surface area contributed by atoms with Crippen molar-refractivity contribution in [1.82, 2.24) is 9.97 Å². The van der Waals surface area contributed by atoms with E-state index in [0.29, 0.717) is 12.6 Å². The largest absolute Gasteiger partial charge is 0.380 e. The molecule has 0 aliphatic carbocycles. The number of likely N-dealkylation sites (N-methyl/N-ethyl adjacent to an activating group) is 1. The predicted molar refractivity (Wildman–Crippen MR) is 60.8 cm³/mol. The molecule has 0 aliphatic rings. The molecule has 0 fully saturated rings. The summed E-state index contributed by atoms with van der Waals surface area (Å²) < 4.78 is 5.30. The van der Waals surface area contributed by atoms with Crippen molar-refractivity contribution in [3.05, 3.63) is 12.3 Å². The van der Waals surface area contributed by atoms with Crippen LogP contribution in [0.4, 0.5) is 11.8 Å². The third-order valence-electron chi connectivity index (χ3n) is 2.07. The highest BCUT2D eigenvalue weighted by atomic mass is 16.5. The first-order valence-corrected chi connectivity index (χ1v) is 5.19. The van der Waals surface area contributed by atoms with Gasteiger partial charge in [0, 0.05) is 25.9 Å². The average molecular weight is 210 g/mol. The van der Waals surface area contributed by atoms with Crippen LogP contribution in [0, 0.1) is 0 Å². The van der Waals surface area contributed by atoms with Crippen molar-refractivity contribution < 1.29 is 4.74 Å². The first kappa shape index (κ1) is 11.7. The number of nitrogen functional groups attached to an aromatic ring is 1. The van der Waals surface area contributed by atoms with E-state index in [2.05, 4.69) is 21.8 Å². The lowest BCUT2D eigenvalue weighted by atomic mass is 10.4. The SMILES string of the molecule is CCOCCN(CC)c1ccnc(N)n1. The molecule has 2 N–H and O–H groups in total. The van der Waals surface area contributed by atoms with Gasteiger partial charge in [0.1, 0.15) is 5.82 Å². The van der Waals surface area contributed by atoms with Crippen LogP contribution < -0.4 is 10.6 Å². The number of aromatic nitrogens is 2. The third kappa shape index (κ3) is 3.71. The van der Waals surface area contributed by atoms with Crippen molar-refractivity contribution in [2.45, 2.75) is 13.8 Å². The average Bonchev–Trinajstić information content (AvgIpc) is 2.24. The molecule has 0 aliphatic heterocycles. The smallest absolute Gasteiger partial charge is 0.221 e. The molecule has 15 heavy (non-hydrogen) atoms. The Hall–Kier alpha value is -1.36. The van der Waals surface area contributed by atoms with Gasteiger partial charge in [-0.25, -0.2) is 4.98 Å². The Labute approximate surface area is 90.3 Å². The van der Waals surface area contributed by atoms with E-state index in [4.69, 9.17) is 10.5 Å². The monoisotopic (exact) mass is 210 g/mol. The second-order valence-corrected chi connectivity index (χ2v) is 3.05. The summed E-state index contributed by atoms with van der Waals surface area (Å²) in [5.41, 5.74) is 5.53. The van der Waals surface area contributed by atoms with Crippen LogP contribution in [0.25, 0.3) is 0 Å². The summed E-state index contributed by atoms with van der Waals surface area (Å²) in [4.78, 5) is 10.1. The molecular formula is C10H18N4O. The fourth-order valence-corrected chi connectivity index (χ4v) is 1.29. The summed E-state index contributed by atoms with van der Waals surface area (Å²) >= 11 is 0. The summed E-state index contributed by atoms with van der Waals surface area (Å²) in [6.45, 7) is 7.20. The minimum Gasteiger partial charge on any atom is -0.380 e. The molecule has 0 unspecified atom stereocenters. The molecule has 1 aromatic heterocycles. The van der Waals surface area contributed by atoms with Gasteiger partial charge < -0.3 is 15.4 Å². The number of hydrogen-bond acceptors (Lipinski definition) is 5. The van der Waals surface area contributed by atoms with E-state index in [1.54, 1.807) is 6.20 Å². The molecule has 1 aromatic rings. The summed E-state index contributed by atoms with van der Waals surface area (Å²) in [5.74, 6) is 1.16. The molecule has 0 aromatic carbocycles. The number of hydrogen-bond donors (Lipinski definition) is 1. The number of ether oxygens (including phenoxy) is 1. The fourth-order valence-electron chi connectivity index (χ4n) is 1.29. The molecule has 0 bridgehead atoms. The molecule has 0 saturated heterocycles. The molecule has 84 valence electrons. The van der Waals surface area contributed by atoms with Gasteiger partial charge in [0.2, 0.25) is 5.95 Å².